The Bertz CT molecular complexity index is 1290. The van der Waals surface area contributed by atoms with Crippen molar-refractivity contribution >= 4 is 28.3 Å². The molecule has 10 heteroatoms. The van der Waals surface area contributed by atoms with Gasteiger partial charge in [0.2, 0.25) is 0 Å². The zero-order chi connectivity index (χ0) is 25.5. The van der Waals surface area contributed by atoms with E-state index in [0.717, 1.165) is 47.6 Å². The van der Waals surface area contributed by atoms with E-state index in [1.165, 1.54) is 25.5 Å². The van der Waals surface area contributed by atoms with Gasteiger partial charge >= 0.3 is 0 Å². The maximum atomic E-state index is 11.6. The molecule has 1 unspecified atom stereocenters. The van der Waals surface area contributed by atoms with Crippen molar-refractivity contribution in [3.05, 3.63) is 48.3 Å². The molecule has 1 aliphatic carbocycles. The molecule has 1 aliphatic heterocycles. The van der Waals surface area contributed by atoms with Crippen LogP contribution in [0.25, 0.3) is 27.8 Å². The SMILES string of the molecule is CNc1cc(-c2c[nH]c3ccccc23)nc2c(C(N)=O)cnn12.COC1CCC1.COC1CCOC1. The maximum Gasteiger partial charge on any atom is 0.254 e. The van der Waals surface area contributed by atoms with Crippen LogP contribution in [0.2, 0.25) is 0 Å². The fourth-order valence-corrected chi connectivity index (χ4v) is 4.04. The third-order valence-corrected chi connectivity index (χ3v) is 6.47. The van der Waals surface area contributed by atoms with Crippen molar-refractivity contribution in [3.8, 4) is 11.3 Å². The van der Waals surface area contributed by atoms with Crippen LogP contribution in [0.4, 0.5) is 5.82 Å². The third-order valence-electron chi connectivity index (χ3n) is 6.47. The number of aromatic nitrogens is 4. The predicted octanol–water partition coefficient (Wildman–Crippen LogP) is 3.63. The minimum Gasteiger partial charge on any atom is -0.381 e. The Balaban J connectivity index is 0.000000190. The van der Waals surface area contributed by atoms with E-state index in [4.69, 9.17) is 19.9 Å². The number of nitrogens with zero attached hydrogens (tertiary/aromatic N) is 3. The van der Waals surface area contributed by atoms with Crippen LogP contribution in [0.3, 0.4) is 0 Å². The number of hydrogen-bond donors (Lipinski definition) is 3. The van der Waals surface area contributed by atoms with Gasteiger partial charge in [0, 0.05) is 56.6 Å². The number of H-pyrrole nitrogens is 1. The Morgan fingerprint density at radius 2 is 1.97 bits per heavy atom. The van der Waals surface area contributed by atoms with E-state index in [2.05, 4.69) is 20.4 Å². The number of para-hydroxylation sites is 1. The molecule has 36 heavy (non-hydrogen) atoms. The average Bonchev–Trinajstić information content (AvgIpc) is 3.63. The molecule has 1 amide bonds. The lowest BCUT2D eigenvalue weighted by Crippen LogP contribution is -2.18. The molecule has 2 fully saturated rings. The zero-order valence-corrected chi connectivity index (χ0v) is 21.0. The van der Waals surface area contributed by atoms with E-state index in [-0.39, 0.29) is 0 Å². The molecule has 4 aromatic rings. The molecule has 1 saturated carbocycles. The molecule has 10 nitrogen and oxygen atoms in total. The minimum atomic E-state index is -0.550. The van der Waals surface area contributed by atoms with Crippen LogP contribution in [-0.4, -0.2) is 72.2 Å². The maximum absolute atomic E-state index is 11.6. The summed E-state index contributed by atoms with van der Waals surface area (Å²) >= 11 is 0. The Morgan fingerprint density at radius 3 is 2.53 bits per heavy atom. The molecular weight excluding hydrogens is 460 g/mol. The van der Waals surface area contributed by atoms with Gasteiger partial charge in [0.1, 0.15) is 11.4 Å². The average molecular weight is 495 g/mol. The largest absolute Gasteiger partial charge is 0.381 e. The molecule has 1 atom stereocenters. The number of rotatable bonds is 5. The molecule has 0 bridgehead atoms. The number of nitrogens with two attached hydrogens (primary N) is 1. The quantitative estimate of drug-likeness (QED) is 0.386. The number of carbonyl (C=O) groups excluding carboxylic acids is 1. The molecule has 4 heterocycles. The van der Waals surface area contributed by atoms with Crippen LogP contribution in [-0.2, 0) is 14.2 Å². The monoisotopic (exact) mass is 494 g/mol. The Hall–Kier alpha value is -3.47. The van der Waals surface area contributed by atoms with Gasteiger partial charge in [-0.05, 0) is 31.7 Å². The fourth-order valence-electron chi connectivity index (χ4n) is 4.04. The molecule has 192 valence electrons. The Labute approximate surface area is 210 Å². The van der Waals surface area contributed by atoms with Gasteiger partial charge in [0.05, 0.1) is 30.7 Å². The predicted molar refractivity (Wildman–Crippen MR) is 139 cm³/mol. The first-order chi connectivity index (χ1) is 17.5. The molecule has 1 aromatic carbocycles. The van der Waals surface area contributed by atoms with Crippen molar-refractivity contribution in [2.45, 2.75) is 37.9 Å². The second-order valence-electron chi connectivity index (χ2n) is 8.69. The van der Waals surface area contributed by atoms with Gasteiger partial charge in [-0.1, -0.05) is 18.2 Å². The summed E-state index contributed by atoms with van der Waals surface area (Å²) in [6, 6.07) is 9.87. The van der Waals surface area contributed by atoms with Gasteiger partial charge in [0.15, 0.2) is 5.65 Å². The number of hydrogen-bond acceptors (Lipinski definition) is 7. The summed E-state index contributed by atoms with van der Waals surface area (Å²) in [6.07, 6.45) is 9.35. The molecule has 4 N–H and O–H groups in total. The van der Waals surface area contributed by atoms with E-state index in [1.807, 2.05) is 36.5 Å². The summed E-state index contributed by atoms with van der Waals surface area (Å²) in [7, 11) is 5.29. The summed E-state index contributed by atoms with van der Waals surface area (Å²) in [4.78, 5) is 19.4. The highest BCUT2D eigenvalue weighted by molar-refractivity contribution is 6.00. The van der Waals surface area contributed by atoms with Crippen molar-refractivity contribution < 1.29 is 19.0 Å². The summed E-state index contributed by atoms with van der Waals surface area (Å²) in [5.74, 6) is 0.174. The first-order valence-corrected chi connectivity index (χ1v) is 12.1. The standard InChI is InChI=1S/C16H14N6O.C5H10O2.C5H10O/c1-18-14-6-13(10-7-19-12-5-3-2-4-9(10)12)21-16-11(15(17)23)8-20-22(14)16;1-6-5-2-3-7-4-5;1-6-5-3-2-4-5/h2-8,18-19H,1H3,(H2,17,23);5H,2-4H2,1H3;5H,2-4H2,1H3. The van der Waals surface area contributed by atoms with Crippen LogP contribution in [0.15, 0.2) is 42.7 Å². The zero-order valence-electron chi connectivity index (χ0n) is 21.0. The second kappa shape index (κ2) is 12.0. The van der Waals surface area contributed by atoms with Crippen LogP contribution in [0.1, 0.15) is 36.0 Å². The number of aromatic amines is 1. The highest BCUT2D eigenvalue weighted by atomic mass is 16.5. The molecular formula is C26H34N6O4. The number of carbonyl (C=O) groups is 1. The smallest absolute Gasteiger partial charge is 0.254 e. The number of amides is 1. The van der Waals surface area contributed by atoms with Crippen molar-refractivity contribution in [3.63, 3.8) is 0 Å². The first kappa shape index (κ1) is 25.6. The van der Waals surface area contributed by atoms with Crippen LogP contribution in [0.5, 0.6) is 0 Å². The highest BCUT2D eigenvalue weighted by Crippen LogP contribution is 2.29. The number of anilines is 1. The third kappa shape index (κ3) is 5.67. The van der Waals surface area contributed by atoms with Gasteiger partial charge in [-0.15, -0.1) is 0 Å². The van der Waals surface area contributed by atoms with Gasteiger partial charge in [-0.2, -0.15) is 9.61 Å². The van der Waals surface area contributed by atoms with Crippen molar-refractivity contribution in [2.75, 3.05) is 39.8 Å². The van der Waals surface area contributed by atoms with Gasteiger partial charge in [-0.3, -0.25) is 4.79 Å². The number of nitrogens with one attached hydrogen (secondary N) is 2. The lowest BCUT2D eigenvalue weighted by Gasteiger charge is -2.22. The van der Waals surface area contributed by atoms with Gasteiger partial charge in [0.25, 0.3) is 5.91 Å². The lowest BCUT2D eigenvalue weighted by molar-refractivity contribution is 0.0412. The molecule has 0 radical (unpaired) electrons. The molecule has 2 aliphatic rings. The van der Waals surface area contributed by atoms with E-state index >= 15 is 0 Å². The Morgan fingerprint density at radius 1 is 1.19 bits per heavy atom. The van der Waals surface area contributed by atoms with E-state index in [0.29, 0.717) is 23.4 Å². The van der Waals surface area contributed by atoms with E-state index in [1.54, 1.807) is 25.8 Å². The topological polar surface area (TPSA) is 129 Å². The number of benzene rings is 1. The minimum absolute atomic E-state index is 0.295. The summed E-state index contributed by atoms with van der Waals surface area (Å²) in [6.45, 7) is 1.66. The van der Waals surface area contributed by atoms with Crippen LogP contribution >= 0.6 is 0 Å². The van der Waals surface area contributed by atoms with Crippen molar-refractivity contribution in [1.29, 1.82) is 0 Å². The van der Waals surface area contributed by atoms with Gasteiger partial charge in [-0.25, -0.2) is 4.98 Å². The number of methoxy groups -OCH3 is 2. The number of fused-ring (bicyclic) bond motifs is 2. The molecule has 1 saturated heterocycles. The first-order valence-electron chi connectivity index (χ1n) is 12.1. The van der Waals surface area contributed by atoms with Crippen LogP contribution in [0, 0.1) is 0 Å². The highest BCUT2D eigenvalue weighted by Gasteiger charge is 2.17. The van der Waals surface area contributed by atoms with Crippen LogP contribution < -0.4 is 11.1 Å². The molecule has 6 rings (SSSR count). The van der Waals surface area contributed by atoms with Crippen molar-refractivity contribution in [1.82, 2.24) is 19.6 Å². The number of primary amides is 1. The normalized spacial score (nSPS) is 17.1. The second-order valence-corrected chi connectivity index (χ2v) is 8.69. The fraction of sp³-hybridized carbons (Fsp3) is 0.423. The van der Waals surface area contributed by atoms with E-state index < -0.39 is 5.91 Å². The lowest BCUT2D eigenvalue weighted by atomic mass is 9.96. The molecule has 0 spiro atoms. The summed E-state index contributed by atoms with van der Waals surface area (Å²) < 4.78 is 16.6. The Kier molecular flexibility index (Phi) is 8.52. The van der Waals surface area contributed by atoms with Crippen molar-refractivity contribution in [2.24, 2.45) is 5.73 Å². The number of ether oxygens (including phenoxy) is 3. The molecule has 3 aromatic heterocycles. The van der Waals surface area contributed by atoms with E-state index in [9.17, 15) is 4.79 Å². The van der Waals surface area contributed by atoms with Gasteiger partial charge < -0.3 is 30.2 Å². The summed E-state index contributed by atoms with van der Waals surface area (Å²) in [5.41, 5.74) is 8.87. The summed E-state index contributed by atoms with van der Waals surface area (Å²) in [5, 5.41) is 8.31.